The molecule has 2 heterocycles. The van der Waals surface area contributed by atoms with Crippen LogP contribution >= 0.6 is 0 Å². The number of aromatic amines is 1. The third-order valence-corrected chi connectivity index (χ3v) is 7.63. The molecule has 0 spiro atoms. The lowest BCUT2D eigenvalue weighted by atomic mass is 9.79. The molecule has 1 fully saturated rings. The number of pyridine rings is 1. The van der Waals surface area contributed by atoms with Gasteiger partial charge in [0.15, 0.2) is 0 Å². The number of H-pyrrole nitrogens is 1. The molecule has 1 aromatic rings. The van der Waals surface area contributed by atoms with Crippen molar-refractivity contribution >= 4 is 5.91 Å². The maximum absolute atomic E-state index is 12.2. The molecule has 6 heteroatoms. The molecule has 180 valence electrons. The molecule has 0 saturated heterocycles. The predicted octanol–water partition coefficient (Wildman–Crippen LogP) is 3.96. The number of allylic oxidation sites excluding steroid dienone is 3. The molecular formula is C27H39N3O3. The Morgan fingerprint density at radius 2 is 2.06 bits per heavy atom. The number of ether oxygens (including phenoxy) is 1. The van der Waals surface area contributed by atoms with Crippen molar-refractivity contribution in [3.8, 4) is 0 Å². The first-order valence-electron chi connectivity index (χ1n) is 12.7. The van der Waals surface area contributed by atoms with Crippen molar-refractivity contribution in [1.82, 2.24) is 9.88 Å². The van der Waals surface area contributed by atoms with Crippen molar-refractivity contribution in [2.75, 3.05) is 20.2 Å². The zero-order valence-corrected chi connectivity index (χ0v) is 20.1. The van der Waals surface area contributed by atoms with E-state index in [1.54, 1.807) is 13.2 Å². The average molecular weight is 454 g/mol. The molecule has 3 N–H and O–H groups in total. The number of hydrogen-bond acceptors (Lipinski definition) is 4. The van der Waals surface area contributed by atoms with Crippen LogP contribution in [0.3, 0.4) is 0 Å². The van der Waals surface area contributed by atoms with E-state index in [4.69, 9.17) is 10.5 Å². The van der Waals surface area contributed by atoms with Crippen molar-refractivity contribution in [3.05, 3.63) is 57.2 Å². The molecule has 3 atom stereocenters. The number of hydrogen-bond donors (Lipinski definition) is 2. The summed E-state index contributed by atoms with van der Waals surface area (Å²) in [5.74, 6) is 2.17. The van der Waals surface area contributed by atoms with E-state index in [1.165, 1.54) is 25.8 Å². The Morgan fingerprint density at radius 3 is 2.79 bits per heavy atom. The maximum Gasteiger partial charge on any atom is 0.261 e. The van der Waals surface area contributed by atoms with Crippen LogP contribution < -0.4 is 11.3 Å². The second-order valence-corrected chi connectivity index (χ2v) is 10.3. The molecule has 3 aliphatic rings. The van der Waals surface area contributed by atoms with E-state index < -0.39 is 5.91 Å². The number of fused-ring (bicyclic) bond motifs is 1. The summed E-state index contributed by atoms with van der Waals surface area (Å²) in [5, 5.41) is 0. The van der Waals surface area contributed by atoms with Crippen LogP contribution in [0.1, 0.15) is 73.5 Å². The molecule has 0 aromatic carbocycles. The summed E-state index contributed by atoms with van der Waals surface area (Å²) in [7, 11) is 1.75. The van der Waals surface area contributed by atoms with Crippen molar-refractivity contribution in [2.24, 2.45) is 23.5 Å². The van der Waals surface area contributed by atoms with Crippen LogP contribution in [0.5, 0.6) is 0 Å². The van der Waals surface area contributed by atoms with Crippen LogP contribution in [0.2, 0.25) is 0 Å². The zero-order chi connectivity index (χ0) is 23.4. The number of carbonyl (C=O) groups excluding carboxylic acids is 1. The normalized spacial score (nSPS) is 27.1. The van der Waals surface area contributed by atoms with Gasteiger partial charge in [-0.25, -0.2) is 0 Å². The number of primary amides is 1. The number of carbonyl (C=O) groups is 1. The van der Waals surface area contributed by atoms with Gasteiger partial charge in [-0.05, 0) is 106 Å². The standard InChI is InChI=1S/C27H39N3O3/c1-18-6-5-13-30(17-19-9-10-19)25(8-4-3-7-22(14-18)33-2)20-11-12-24-21(15-20)16-23(26(28)31)27(32)29-24/h3,7,14,16,18-20,25H,4-6,8-13,15,17H2,1-2H3,(H2,28,31)(H,29,32)/t18?,20-,25+/m0/s1. The fourth-order valence-corrected chi connectivity index (χ4v) is 5.62. The fourth-order valence-electron chi connectivity index (χ4n) is 5.62. The molecule has 1 aromatic heterocycles. The van der Waals surface area contributed by atoms with Gasteiger partial charge >= 0.3 is 0 Å². The first kappa shape index (κ1) is 23.8. The molecule has 0 bridgehead atoms. The van der Waals surface area contributed by atoms with Crippen molar-refractivity contribution in [2.45, 2.75) is 70.8 Å². The number of amides is 1. The Bertz CT molecular complexity index is 960. The summed E-state index contributed by atoms with van der Waals surface area (Å²) in [5.41, 5.74) is 7.24. The van der Waals surface area contributed by atoms with Gasteiger partial charge in [-0.3, -0.25) is 14.5 Å². The van der Waals surface area contributed by atoms with E-state index in [0.717, 1.165) is 68.0 Å². The summed E-state index contributed by atoms with van der Waals surface area (Å²) in [6.07, 6.45) is 16.6. The number of aryl methyl sites for hydroxylation is 1. The smallest absolute Gasteiger partial charge is 0.261 e. The van der Waals surface area contributed by atoms with Gasteiger partial charge < -0.3 is 15.5 Å². The molecule has 33 heavy (non-hydrogen) atoms. The Hall–Kier alpha value is -2.34. The number of rotatable bonds is 5. The van der Waals surface area contributed by atoms with Gasteiger partial charge in [-0.1, -0.05) is 13.0 Å². The van der Waals surface area contributed by atoms with E-state index in [9.17, 15) is 9.59 Å². The van der Waals surface area contributed by atoms with Crippen molar-refractivity contribution in [1.29, 1.82) is 0 Å². The molecule has 1 aliphatic heterocycles. The molecule has 4 rings (SSSR count). The quantitative estimate of drug-likeness (QED) is 0.706. The minimum absolute atomic E-state index is 0.0822. The van der Waals surface area contributed by atoms with Gasteiger partial charge in [0.2, 0.25) is 0 Å². The Kier molecular flexibility index (Phi) is 7.74. The highest BCUT2D eigenvalue weighted by Crippen LogP contribution is 2.35. The van der Waals surface area contributed by atoms with Crippen LogP contribution in [0, 0.1) is 17.8 Å². The second kappa shape index (κ2) is 10.7. The van der Waals surface area contributed by atoms with Crippen LogP contribution in [-0.2, 0) is 17.6 Å². The van der Waals surface area contributed by atoms with Crippen LogP contribution in [0.4, 0.5) is 0 Å². The lowest BCUT2D eigenvalue weighted by molar-refractivity contribution is 0.0998. The number of methoxy groups -OCH3 is 1. The Balaban J connectivity index is 1.57. The summed E-state index contributed by atoms with van der Waals surface area (Å²) in [6.45, 7) is 4.60. The summed E-state index contributed by atoms with van der Waals surface area (Å²) >= 11 is 0. The van der Waals surface area contributed by atoms with Gasteiger partial charge in [0.25, 0.3) is 11.5 Å². The topological polar surface area (TPSA) is 88.4 Å². The summed E-state index contributed by atoms with van der Waals surface area (Å²) < 4.78 is 5.57. The van der Waals surface area contributed by atoms with E-state index in [1.807, 2.05) is 0 Å². The lowest BCUT2D eigenvalue weighted by Crippen LogP contribution is -2.44. The minimum Gasteiger partial charge on any atom is -0.497 e. The van der Waals surface area contributed by atoms with Crippen LogP contribution in [0.25, 0.3) is 0 Å². The minimum atomic E-state index is -0.649. The molecule has 1 amide bonds. The average Bonchev–Trinajstić information content (AvgIpc) is 3.60. The number of nitrogens with two attached hydrogens (primary N) is 1. The summed E-state index contributed by atoms with van der Waals surface area (Å²) in [4.78, 5) is 29.6. The molecule has 0 radical (unpaired) electrons. The molecular weight excluding hydrogens is 414 g/mol. The fraction of sp³-hybridized carbons (Fsp3) is 0.630. The highest BCUT2D eigenvalue weighted by Gasteiger charge is 2.34. The number of nitrogens with zero attached hydrogens (tertiary/aromatic N) is 1. The van der Waals surface area contributed by atoms with Gasteiger partial charge in [0.05, 0.1) is 7.11 Å². The Labute approximate surface area is 197 Å². The van der Waals surface area contributed by atoms with Crippen molar-refractivity contribution < 1.29 is 9.53 Å². The predicted molar refractivity (Wildman–Crippen MR) is 131 cm³/mol. The number of nitrogens with one attached hydrogen (secondary N) is 1. The van der Waals surface area contributed by atoms with Gasteiger partial charge in [-0.2, -0.15) is 0 Å². The monoisotopic (exact) mass is 453 g/mol. The van der Waals surface area contributed by atoms with Gasteiger partial charge in [0, 0.05) is 18.3 Å². The van der Waals surface area contributed by atoms with Crippen LogP contribution in [0.15, 0.2) is 34.8 Å². The number of aromatic nitrogens is 1. The third-order valence-electron chi connectivity index (χ3n) is 7.63. The third kappa shape index (κ3) is 6.17. The van der Waals surface area contributed by atoms with Gasteiger partial charge in [-0.15, -0.1) is 0 Å². The molecule has 2 aliphatic carbocycles. The van der Waals surface area contributed by atoms with E-state index >= 15 is 0 Å². The maximum atomic E-state index is 12.2. The van der Waals surface area contributed by atoms with E-state index in [2.05, 4.69) is 35.0 Å². The Morgan fingerprint density at radius 1 is 1.24 bits per heavy atom. The summed E-state index contributed by atoms with van der Waals surface area (Å²) in [6, 6.07) is 2.25. The first-order chi connectivity index (χ1) is 15.9. The molecule has 1 saturated carbocycles. The first-order valence-corrected chi connectivity index (χ1v) is 12.7. The lowest BCUT2D eigenvalue weighted by Gasteiger charge is -2.40. The van der Waals surface area contributed by atoms with Crippen LogP contribution in [-0.4, -0.2) is 42.0 Å². The van der Waals surface area contributed by atoms with Gasteiger partial charge in [0.1, 0.15) is 11.3 Å². The highest BCUT2D eigenvalue weighted by molar-refractivity contribution is 5.92. The van der Waals surface area contributed by atoms with E-state index in [0.29, 0.717) is 17.9 Å². The zero-order valence-electron chi connectivity index (χ0n) is 20.1. The molecule has 6 nitrogen and oxygen atoms in total. The largest absolute Gasteiger partial charge is 0.497 e. The van der Waals surface area contributed by atoms with Crippen molar-refractivity contribution in [3.63, 3.8) is 0 Å². The second-order valence-electron chi connectivity index (χ2n) is 10.3. The van der Waals surface area contributed by atoms with E-state index in [-0.39, 0.29) is 11.1 Å². The SMILES string of the molecule is COC1=CC(C)CCCN(CC2CC2)[C@@H]([C@H]2CCc3[nH]c(=O)c(C(N)=O)cc3C2)CCC=C1. The molecule has 1 unspecified atom stereocenters. The highest BCUT2D eigenvalue weighted by atomic mass is 16.5.